The molecule has 0 fully saturated rings. The van der Waals surface area contributed by atoms with E-state index in [1.165, 1.54) is 0 Å². The Morgan fingerprint density at radius 3 is 2.50 bits per heavy atom. The molecule has 2 N–H and O–H groups in total. The number of benzene rings is 2. The highest BCUT2D eigenvalue weighted by atomic mass is 16.6. The fourth-order valence-electron chi connectivity index (χ4n) is 2.82. The quantitative estimate of drug-likeness (QED) is 0.806. The largest absolute Gasteiger partial charge is 0.486 e. The van der Waals surface area contributed by atoms with Crippen LogP contribution in [0.15, 0.2) is 42.5 Å². The van der Waals surface area contributed by atoms with E-state index in [4.69, 9.17) is 20.2 Å². The summed E-state index contributed by atoms with van der Waals surface area (Å²) >= 11 is 0. The number of imidazole rings is 1. The van der Waals surface area contributed by atoms with Crippen LogP contribution in [0.4, 0.5) is 0 Å². The van der Waals surface area contributed by atoms with E-state index in [0.29, 0.717) is 26.3 Å². The second kappa shape index (κ2) is 5.35. The highest BCUT2D eigenvalue weighted by Crippen LogP contribution is 2.36. The van der Waals surface area contributed by atoms with Crippen LogP contribution in [-0.4, -0.2) is 29.3 Å². The van der Waals surface area contributed by atoms with Gasteiger partial charge in [-0.25, -0.2) is 4.98 Å². The molecule has 4 rings (SSSR count). The molecule has 0 spiro atoms. The van der Waals surface area contributed by atoms with Gasteiger partial charge in [0.15, 0.2) is 11.5 Å². The van der Waals surface area contributed by atoms with Gasteiger partial charge in [0.05, 0.1) is 11.0 Å². The van der Waals surface area contributed by atoms with Gasteiger partial charge in [-0.3, -0.25) is 0 Å². The van der Waals surface area contributed by atoms with Gasteiger partial charge in [-0.2, -0.15) is 0 Å². The summed E-state index contributed by atoms with van der Waals surface area (Å²) in [6, 6.07) is 14.1. The van der Waals surface area contributed by atoms with E-state index >= 15 is 0 Å². The molecule has 0 saturated heterocycles. The summed E-state index contributed by atoms with van der Waals surface area (Å²) in [6.45, 7) is 2.42. The van der Waals surface area contributed by atoms with Crippen LogP contribution in [0.2, 0.25) is 0 Å². The van der Waals surface area contributed by atoms with Crippen molar-refractivity contribution in [1.29, 1.82) is 0 Å². The molecule has 0 saturated carbocycles. The molecule has 0 bridgehead atoms. The van der Waals surface area contributed by atoms with Crippen molar-refractivity contribution in [1.82, 2.24) is 9.55 Å². The lowest BCUT2D eigenvalue weighted by molar-refractivity contribution is 0.172. The van der Waals surface area contributed by atoms with Crippen molar-refractivity contribution < 1.29 is 9.47 Å². The Bertz CT molecular complexity index is 812. The Balaban J connectivity index is 1.94. The maximum Gasteiger partial charge on any atom is 0.163 e. The van der Waals surface area contributed by atoms with Gasteiger partial charge in [-0.15, -0.1) is 0 Å². The summed E-state index contributed by atoms with van der Waals surface area (Å²) < 4.78 is 13.5. The van der Waals surface area contributed by atoms with Crippen LogP contribution in [-0.2, 0) is 6.54 Å². The maximum atomic E-state index is 5.79. The van der Waals surface area contributed by atoms with E-state index in [0.717, 1.165) is 33.9 Å². The van der Waals surface area contributed by atoms with Crippen LogP contribution in [0, 0.1) is 0 Å². The Morgan fingerprint density at radius 2 is 1.77 bits per heavy atom. The number of aromatic nitrogens is 2. The van der Waals surface area contributed by atoms with Gasteiger partial charge in [-0.1, -0.05) is 30.3 Å². The molecular formula is C17H17N3O2. The van der Waals surface area contributed by atoms with Gasteiger partial charge in [0.2, 0.25) is 0 Å². The van der Waals surface area contributed by atoms with Crippen molar-refractivity contribution in [3.63, 3.8) is 0 Å². The lowest BCUT2D eigenvalue weighted by atomic mass is 10.2. The summed E-state index contributed by atoms with van der Waals surface area (Å²) in [5.41, 5.74) is 8.79. The first-order valence-electron chi connectivity index (χ1n) is 7.42. The lowest BCUT2D eigenvalue weighted by Gasteiger charge is -2.18. The van der Waals surface area contributed by atoms with Crippen molar-refractivity contribution in [2.45, 2.75) is 6.54 Å². The first-order valence-corrected chi connectivity index (χ1v) is 7.42. The van der Waals surface area contributed by atoms with Gasteiger partial charge in [0, 0.05) is 30.8 Å². The van der Waals surface area contributed by atoms with Crippen molar-refractivity contribution in [3.05, 3.63) is 42.5 Å². The number of rotatable bonds is 3. The van der Waals surface area contributed by atoms with E-state index in [9.17, 15) is 0 Å². The third-order valence-corrected chi connectivity index (χ3v) is 3.80. The smallest absolute Gasteiger partial charge is 0.163 e. The second-order valence-corrected chi connectivity index (χ2v) is 5.23. The van der Waals surface area contributed by atoms with Gasteiger partial charge < -0.3 is 19.8 Å². The minimum atomic E-state index is 0.555. The molecule has 5 heteroatoms. The Hall–Kier alpha value is -2.53. The molecule has 22 heavy (non-hydrogen) atoms. The highest BCUT2D eigenvalue weighted by molar-refractivity contribution is 5.84. The summed E-state index contributed by atoms with van der Waals surface area (Å²) in [6.07, 6.45) is 0. The third kappa shape index (κ3) is 2.10. The molecule has 1 aliphatic heterocycles. The van der Waals surface area contributed by atoms with Crippen molar-refractivity contribution in [2.24, 2.45) is 5.73 Å². The topological polar surface area (TPSA) is 62.3 Å². The van der Waals surface area contributed by atoms with E-state index in [1.807, 2.05) is 30.3 Å². The number of hydrogen-bond acceptors (Lipinski definition) is 4. The zero-order valence-corrected chi connectivity index (χ0v) is 12.2. The fourth-order valence-corrected chi connectivity index (χ4v) is 2.82. The summed E-state index contributed by atoms with van der Waals surface area (Å²) in [4.78, 5) is 4.78. The molecule has 2 heterocycles. The molecule has 1 aliphatic rings. The molecule has 3 aromatic rings. The van der Waals surface area contributed by atoms with E-state index < -0.39 is 0 Å². The first kappa shape index (κ1) is 13.2. The number of hydrogen-bond donors (Lipinski definition) is 1. The standard InChI is InChI=1S/C17H17N3O2/c18-6-7-20-14-11-16-15(21-8-9-22-16)10-13(14)19-17(20)12-4-2-1-3-5-12/h1-5,10-11H,6-9,18H2. The van der Waals surface area contributed by atoms with E-state index in [1.54, 1.807) is 0 Å². The molecule has 0 radical (unpaired) electrons. The molecule has 1 aromatic heterocycles. The van der Waals surface area contributed by atoms with Gasteiger partial charge in [-0.05, 0) is 0 Å². The van der Waals surface area contributed by atoms with E-state index in [-0.39, 0.29) is 0 Å². The van der Waals surface area contributed by atoms with Gasteiger partial charge in [0.1, 0.15) is 19.0 Å². The van der Waals surface area contributed by atoms with Crippen LogP contribution < -0.4 is 15.2 Å². The van der Waals surface area contributed by atoms with Crippen LogP contribution in [0.1, 0.15) is 0 Å². The Labute approximate surface area is 128 Å². The minimum absolute atomic E-state index is 0.555. The molecule has 112 valence electrons. The highest BCUT2D eigenvalue weighted by Gasteiger charge is 2.18. The van der Waals surface area contributed by atoms with Crippen molar-refractivity contribution >= 4 is 11.0 Å². The Kier molecular flexibility index (Phi) is 3.20. The molecule has 0 unspecified atom stereocenters. The number of fused-ring (bicyclic) bond motifs is 2. The number of nitrogens with two attached hydrogens (primary N) is 1. The first-order chi connectivity index (χ1) is 10.9. The predicted molar refractivity (Wildman–Crippen MR) is 85.2 cm³/mol. The van der Waals surface area contributed by atoms with Crippen LogP contribution in [0.5, 0.6) is 11.5 Å². The summed E-state index contributed by atoms with van der Waals surface area (Å²) in [7, 11) is 0. The van der Waals surface area contributed by atoms with E-state index in [2.05, 4.69) is 16.7 Å². The van der Waals surface area contributed by atoms with Crippen LogP contribution in [0.25, 0.3) is 22.4 Å². The molecule has 0 atom stereocenters. The second-order valence-electron chi connectivity index (χ2n) is 5.23. The lowest BCUT2D eigenvalue weighted by Crippen LogP contribution is -2.15. The zero-order chi connectivity index (χ0) is 14.9. The summed E-state index contributed by atoms with van der Waals surface area (Å²) in [5.74, 6) is 2.45. The zero-order valence-electron chi connectivity index (χ0n) is 12.2. The van der Waals surface area contributed by atoms with Crippen LogP contribution >= 0.6 is 0 Å². The molecular weight excluding hydrogens is 278 g/mol. The number of nitrogens with zero attached hydrogens (tertiary/aromatic N) is 2. The average molecular weight is 295 g/mol. The molecule has 0 aliphatic carbocycles. The summed E-state index contributed by atoms with van der Waals surface area (Å²) in [5, 5.41) is 0. The fraction of sp³-hybridized carbons (Fsp3) is 0.235. The van der Waals surface area contributed by atoms with Crippen LogP contribution in [0.3, 0.4) is 0 Å². The van der Waals surface area contributed by atoms with Crippen molar-refractivity contribution in [3.8, 4) is 22.9 Å². The number of ether oxygens (including phenoxy) is 2. The molecule has 2 aromatic carbocycles. The average Bonchev–Trinajstić information content (AvgIpc) is 2.92. The minimum Gasteiger partial charge on any atom is -0.486 e. The normalized spacial score (nSPS) is 13.5. The maximum absolute atomic E-state index is 5.79. The monoisotopic (exact) mass is 295 g/mol. The molecule has 0 amide bonds. The third-order valence-electron chi connectivity index (χ3n) is 3.80. The molecule has 5 nitrogen and oxygen atoms in total. The Morgan fingerprint density at radius 1 is 1.05 bits per heavy atom. The van der Waals surface area contributed by atoms with Gasteiger partial charge >= 0.3 is 0 Å². The predicted octanol–water partition coefficient (Wildman–Crippen LogP) is 2.43. The van der Waals surface area contributed by atoms with Gasteiger partial charge in [0.25, 0.3) is 0 Å². The SMILES string of the molecule is NCCn1c(-c2ccccc2)nc2cc3c(cc21)OCCO3. The van der Waals surface area contributed by atoms with Crippen molar-refractivity contribution in [2.75, 3.05) is 19.8 Å².